The fourth-order valence-corrected chi connectivity index (χ4v) is 5.96. The highest BCUT2D eigenvalue weighted by molar-refractivity contribution is 5.75. The van der Waals surface area contributed by atoms with Crippen LogP contribution in [0, 0.1) is 0 Å². The fourth-order valence-electron chi connectivity index (χ4n) is 5.96. The van der Waals surface area contributed by atoms with Crippen LogP contribution in [0.5, 0.6) is 0 Å². The molecule has 4 nitrogen and oxygen atoms in total. The minimum Gasteiger partial charge on any atom is -0.372 e. The van der Waals surface area contributed by atoms with Gasteiger partial charge in [-0.15, -0.1) is 0 Å². The van der Waals surface area contributed by atoms with Crippen molar-refractivity contribution in [3.8, 4) is 0 Å². The molecule has 0 aliphatic carbocycles. The Hall–Kier alpha value is -4.18. The van der Waals surface area contributed by atoms with E-state index in [2.05, 4.69) is 184 Å². The van der Waals surface area contributed by atoms with Crippen LogP contribution < -0.4 is 19.6 Å². The number of rotatable bonds is 18. The Balaban J connectivity index is 1.69. The van der Waals surface area contributed by atoms with Crippen LogP contribution in [0.4, 0.5) is 22.7 Å². The summed E-state index contributed by atoms with van der Waals surface area (Å²) < 4.78 is 0. The maximum atomic E-state index is 2.44. The van der Waals surface area contributed by atoms with Crippen molar-refractivity contribution in [2.45, 2.75) is 55.4 Å². The molecule has 246 valence electrons. The topological polar surface area (TPSA) is 13.0 Å². The van der Waals surface area contributed by atoms with Gasteiger partial charge in [0.05, 0.1) is 0 Å². The molecule has 0 bridgehead atoms. The Morgan fingerprint density at radius 2 is 0.674 bits per heavy atom. The lowest BCUT2D eigenvalue weighted by molar-refractivity contribution is 0.851. The van der Waals surface area contributed by atoms with Crippen molar-refractivity contribution in [1.29, 1.82) is 0 Å². The van der Waals surface area contributed by atoms with E-state index in [1.165, 1.54) is 45.0 Å². The van der Waals surface area contributed by atoms with Crippen LogP contribution in [-0.2, 0) is 0 Å². The quantitative estimate of drug-likeness (QED) is 0.132. The lowest BCUT2D eigenvalue weighted by Gasteiger charge is -2.27. The first-order valence-electron chi connectivity index (χ1n) is 17.5. The molecule has 0 saturated heterocycles. The minimum absolute atomic E-state index is 0.993. The van der Waals surface area contributed by atoms with Crippen LogP contribution in [-0.4, -0.2) is 52.4 Å². The number of allylic oxidation sites excluding steroid dienone is 4. The van der Waals surface area contributed by atoms with E-state index in [1.807, 2.05) is 0 Å². The van der Waals surface area contributed by atoms with Gasteiger partial charge in [-0.25, -0.2) is 0 Å². The van der Waals surface area contributed by atoms with Crippen LogP contribution in [0.1, 0.15) is 77.6 Å². The normalized spacial score (nSPS) is 11.8. The summed E-state index contributed by atoms with van der Waals surface area (Å²) in [6, 6.07) is 22.4. The standard InChI is InChI=1S/C42H58N4/c1-9-43(10-2)39-31-29-37(41(33-39)45(13-5)14-6)23-19-17-21-35-25-27-36(28-26-35)22-18-20-24-38-30-32-40(44(11-3)12-4)34-42(38)46(15-7)16-8/h17-34H,9-16H2,1-8H3. The third-order valence-electron chi connectivity index (χ3n) is 8.78. The lowest BCUT2D eigenvalue weighted by Crippen LogP contribution is -2.25. The van der Waals surface area contributed by atoms with Crippen molar-refractivity contribution in [3.05, 3.63) is 107 Å². The van der Waals surface area contributed by atoms with Gasteiger partial charge < -0.3 is 19.6 Å². The van der Waals surface area contributed by atoms with Crippen molar-refractivity contribution < 1.29 is 0 Å². The molecular formula is C42H58N4. The number of hydrogen-bond acceptors (Lipinski definition) is 4. The highest BCUT2D eigenvalue weighted by Gasteiger charge is 2.12. The molecule has 3 rings (SSSR count). The van der Waals surface area contributed by atoms with Gasteiger partial charge in [-0.1, -0.05) is 85.0 Å². The Kier molecular flexibility index (Phi) is 15.3. The largest absolute Gasteiger partial charge is 0.372 e. The first-order valence-corrected chi connectivity index (χ1v) is 17.5. The molecular weight excluding hydrogens is 560 g/mol. The zero-order valence-corrected chi connectivity index (χ0v) is 29.8. The van der Waals surface area contributed by atoms with E-state index in [0.717, 1.165) is 52.4 Å². The number of anilines is 4. The molecule has 0 aliphatic heterocycles. The van der Waals surface area contributed by atoms with Crippen molar-refractivity contribution in [2.75, 3.05) is 72.0 Å². The van der Waals surface area contributed by atoms with E-state index in [1.54, 1.807) is 0 Å². The van der Waals surface area contributed by atoms with Crippen molar-refractivity contribution in [3.63, 3.8) is 0 Å². The van der Waals surface area contributed by atoms with Crippen LogP contribution in [0.25, 0.3) is 24.3 Å². The molecule has 0 radical (unpaired) electrons. The highest BCUT2D eigenvalue weighted by Crippen LogP contribution is 2.30. The molecule has 0 aromatic heterocycles. The predicted molar refractivity (Wildman–Crippen MR) is 210 cm³/mol. The van der Waals surface area contributed by atoms with Gasteiger partial charge in [0.15, 0.2) is 0 Å². The van der Waals surface area contributed by atoms with Crippen molar-refractivity contribution >= 4 is 47.1 Å². The number of nitrogens with zero attached hydrogens (tertiary/aromatic N) is 4. The van der Waals surface area contributed by atoms with E-state index in [9.17, 15) is 0 Å². The molecule has 3 aromatic carbocycles. The van der Waals surface area contributed by atoms with E-state index in [-0.39, 0.29) is 0 Å². The number of hydrogen-bond donors (Lipinski definition) is 0. The summed E-state index contributed by atoms with van der Waals surface area (Å²) in [5.74, 6) is 0. The highest BCUT2D eigenvalue weighted by atomic mass is 15.1. The summed E-state index contributed by atoms with van der Waals surface area (Å²) in [5.41, 5.74) is 10.1. The smallest absolute Gasteiger partial charge is 0.0460 e. The van der Waals surface area contributed by atoms with Crippen LogP contribution in [0.2, 0.25) is 0 Å². The van der Waals surface area contributed by atoms with Gasteiger partial charge in [0.2, 0.25) is 0 Å². The summed E-state index contributed by atoms with van der Waals surface area (Å²) in [7, 11) is 0. The Morgan fingerprint density at radius 3 is 0.978 bits per heavy atom. The summed E-state index contributed by atoms with van der Waals surface area (Å²) in [6.45, 7) is 25.8. The maximum Gasteiger partial charge on any atom is 0.0460 e. The summed E-state index contributed by atoms with van der Waals surface area (Å²) in [5, 5.41) is 0. The molecule has 3 aromatic rings. The maximum absolute atomic E-state index is 2.44. The average Bonchev–Trinajstić information content (AvgIpc) is 3.09. The summed E-state index contributed by atoms with van der Waals surface area (Å²) >= 11 is 0. The Bertz CT molecular complexity index is 1320. The first-order chi connectivity index (χ1) is 22.5. The molecule has 0 fully saturated rings. The second-order valence-corrected chi connectivity index (χ2v) is 11.3. The average molecular weight is 619 g/mol. The fraction of sp³-hybridized carbons (Fsp3) is 0.381. The number of benzene rings is 3. The van der Waals surface area contributed by atoms with Crippen LogP contribution in [0.3, 0.4) is 0 Å². The van der Waals surface area contributed by atoms with Gasteiger partial charge in [0, 0.05) is 75.1 Å². The molecule has 46 heavy (non-hydrogen) atoms. The zero-order chi connectivity index (χ0) is 33.3. The zero-order valence-electron chi connectivity index (χ0n) is 29.8. The third kappa shape index (κ3) is 9.91. The third-order valence-corrected chi connectivity index (χ3v) is 8.78. The van der Waals surface area contributed by atoms with Crippen molar-refractivity contribution in [2.24, 2.45) is 0 Å². The van der Waals surface area contributed by atoms with E-state index in [4.69, 9.17) is 0 Å². The van der Waals surface area contributed by atoms with Gasteiger partial charge in [-0.2, -0.15) is 0 Å². The predicted octanol–water partition coefficient (Wildman–Crippen LogP) is 10.5. The molecule has 0 aliphatic rings. The van der Waals surface area contributed by atoms with Gasteiger partial charge in [0.1, 0.15) is 0 Å². The first kappa shape index (κ1) is 36.3. The SMILES string of the molecule is CCN(CC)c1ccc(C=CC=Cc2ccc(C=CC=Cc3ccc(N(CC)CC)cc3N(CC)CC)cc2)c(N(CC)CC)c1. The second-order valence-electron chi connectivity index (χ2n) is 11.3. The monoisotopic (exact) mass is 618 g/mol. The molecule has 0 unspecified atom stereocenters. The van der Waals surface area contributed by atoms with Gasteiger partial charge in [0.25, 0.3) is 0 Å². The van der Waals surface area contributed by atoms with Gasteiger partial charge in [-0.3, -0.25) is 0 Å². The molecule has 0 heterocycles. The van der Waals surface area contributed by atoms with Crippen LogP contribution in [0.15, 0.2) is 85.0 Å². The molecule has 0 atom stereocenters. The van der Waals surface area contributed by atoms with Crippen molar-refractivity contribution in [1.82, 2.24) is 0 Å². The summed E-state index contributed by atoms with van der Waals surface area (Å²) in [4.78, 5) is 9.69. The van der Waals surface area contributed by atoms with E-state index < -0.39 is 0 Å². The Labute approximate surface area is 281 Å². The Morgan fingerprint density at radius 1 is 0.370 bits per heavy atom. The molecule has 0 spiro atoms. The van der Waals surface area contributed by atoms with Gasteiger partial charge in [-0.05, 0) is 102 Å². The minimum atomic E-state index is 0.993. The molecule has 0 N–H and O–H groups in total. The second kappa shape index (κ2) is 19.4. The van der Waals surface area contributed by atoms with E-state index in [0.29, 0.717) is 0 Å². The summed E-state index contributed by atoms with van der Waals surface area (Å²) in [6.07, 6.45) is 17.4. The molecule has 0 amide bonds. The molecule has 4 heteroatoms. The molecule has 0 saturated carbocycles. The van der Waals surface area contributed by atoms with Gasteiger partial charge >= 0.3 is 0 Å². The van der Waals surface area contributed by atoms with Crippen LogP contribution >= 0.6 is 0 Å². The lowest BCUT2D eigenvalue weighted by atomic mass is 10.1. The van der Waals surface area contributed by atoms with E-state index >= 15 is 0 Å².